The number of hydrogen-bond acceptors (Lipinski definition) is 5. The second-order valence-corrected chi connectivity index (χ2v) is 5.01. The maximum absolute atomic E-state index is 11.8. The first kappa shape index (κ1) is 14.7. The van der Waals surface area contributed by atoms with Crippen LogP contribution in [0.15, 0.2) is 18.2 Å². The van der Waals surface area contributed by atoms with Crippen LogP contribution in [0.1, 0.15) is 37.0 Å². The largest absolute Gasteiger partial charge is 0.462 e. The predicted octanol–water partition coefficient (Wildman–Crippen LogP) is 2.42. The number of anilines is 2. The summed E-state index contributed by atoms with van der Waals surface area (Å²) < 4.78 is 10.6. The number of rotatable bonds is 5. The van der Waals surface area contributed by atoms with Crippen molar-refractivity contribution in [3.05, 3.63) is 23.8 Å². The van der Waals surface area contributed by atoms with Crippen molar-refractivity contribution in [2.24, 2.45) is 0 Å². The minimum absolute atomic E-state index is 0.191. The molecule has 1 aromatic carbocycles. The molecule has 1 saturated heterocycles. The number of carbonyl (C=O) groups excluding carboxylic acids is 1. The van der Waals surface area contributed by atoms with Gasteiger partial charge < -0.3 is 20.5 Å². The van der Waals surface area contributed by atoms with Crippen LogP contribution in [0.5, 0.6) is 0 Å². The van der Waals surface area contributed by atoms with E-state index in [0.717, 1.165) is 25.1 Å². The molecule has 1 aliphatic rings. The van der Waals surface area contributed by atoms with E-state index in [4.69, 9.17) is 15.2 Å². The first-order valence-corrected chi connectivity index (χ1v) is 7.06. The molecule has 2 rings (SSSR count). The number of nitrogens with two attached hydrogens (primary N) is 1. The van der Waals surface area contributed by atoms with E-state index in [-0.39, 0.29) is 12.1 Å². The summed E-state index contributed by atoms with van der Waals surface area (Å²) in [6.07, 6.45) is 2.39. The Morgan fingerprint density at radius 1 is 1.60 bits per heavy atom. The summed E-state index contributed by atoms with van der Waals surface area (Å²) in [7, 11) is 0. The van der Waals surface area contributed by atoms with Gasteiger partial charge in [0.2, 0.25) is 0 Å². The fourth-order valence-corrected chi connectivity index (χ4v) is 2.38. The number of nitrogen functional groups attached to an aromatic ring is 1. The molecule has 0 aliphatic carbocycles. The van der Waals surface area contributed by atoms with E-state index in [0.29, 0.717) is 17.9 Å². The third kappa shape index (κ3) is 3.42. The topological polar surface area (TPSA) is 73.6 Å². The molecule has 1 aliphatic heterocycles. The van der Waals surface area contributed by atoms with Crippen molar-refractivity contribution in [1.29, 1.82) is 0 Å². The zero-order chi connectivity index (χ0) is 14.5. The Hall–Kier alpha value is -1.75. The lowest BCUT2D eigenvalue weighted by Gasteiger charge is -2.21. The number of nitrogens with one attached hydrogen (secondary N) is 1. The van der Waals surface area contributed by atoms with Gasteiger partial charge in [-0.3, -0.25) is 0 Å². The van der Waals surface area contributed by atoms with Crippen molar-refractivity contribution >= 4 is 17.3 Å². The van der Waals surface area contributed by atoms with Gasteiger partial charge in [0.05, 0.1) is 18.3 Å². The summed E-state index contributed by atoms with van der Waals surface area (Å²) in [6.45, 7) is 5.01. The van der Waals surface area contributed by atoms with Crippen molar-refractivity contribution < 1.29 is 14.3 Å². The fourth-order valence-electron chi connectivity index (χ4n) is 2.38. The second-order valence-electron chi connectivity index (χ2n) is 5.01. The van der Waals surface area contributed by atoms with Gasteiger partial charge in [0.1, 0.15) is 0 Å². The van der Waals surface area contributed by atoms with Crippen LogP contribution in [-0.2, 0) is 9.47 Å². The van der Waals surface area contributed by atoms with Crippen LogP contribution < -0.4 is 11.1 Å². The molecule has 1 aromatic rings. The number of ether oxygens (including phenoxy) is 2. The van der Waals surface area contributed by atoms with Crippen molar-refractivity contribution in [1.82, 2.24) is 0 Å². The van der Waals surface area contributed by atoms with Gasteiger partial charge in [0.25, 0.3) is 0 Å². The zero-order valence-corrected chi connectivity index (χ0v) is 12.0. The van der Waals surface area contributed by atoms with Gasteiger partial charge in [0, 0.05) is 24.0 Å². The van der Waals surface area contributed by atoms with Crippen molar-refractivity contribution in [3.8, 4) is 0 Å². The summed E-state index contributed by atoms with van der Waals surface area (Å²) in [6, 6.07) is 5.51. The quantitative estimate of drug-likeness (QED) is 0.639. The summed E-state index contributed by atoms with van der Waals surface area (Å²) in [5.74, 6) is -0.390. The molecule has 110 valence electrons. The molecular weight excluding hydrogens is 256 g/mol. The highest BCUT2D eigenvalue weighted by atomic mass is 16.5. The van der Waals surface area contributed by atoms with Gasteiger partial charge >= 0.3 is 5.97 Å². The molecule has 0 spiro atoms. The number of benzene rings is 1. The Morgan fingerprint density at radius 2 is 2.40 bits per heavy atom. The summed E-state index contributed by atoms with van der Waals surface area (Å²) in [5, 5.41) is 3.36. The minimum atomic E-state index is -0.390. The number of carbonyl (C=O) groups is 1. The molecule has 2 atom stereocenters. The monoisotopic (exact) mass is 278 g/mol. The molecule has 0 aromatic heterocycles. The van der Waals surface area contributed by atoms with E-state index in [9.17, 15) is 4.79 Å². The van der Waals surface area contributed by atoms with Crippen LogP contribution in [0.3, 0.4) is 0 Å². The molecule has 5 heteroatoms. The second kappa shape index (κ2) is 6.61. The van der Waals surface area contributed by atoms with E-state index in [1.807, 2.05) is 6.07 Å². The summed E-state index contributed by atoms with van der Waals surface area (Å²) >= 11 is 0. The van der Waals surface area contributed by atoms with Crippen molar-refractivity contribution in [2.45, 2.75) is 38.8 Å². The lowest BCUT2D eigenvalue weighted by molar-refractivity contribution is 0.0527. The maximum atomic E-state index is 11.8. The van der Waals surface area contributed by atoms with Gasteiger partial charge in [0.15, 0.2) is 0 Å². The van der Waals surface area contributed by atoms with Gasteiger partial charge in [-0.25, -0.2) is 4.79 Å². The highest BCUT2D eigenvalue weighted by Crippen LogP contribution is 2.22. The zero-order valence-electron chi connectivity index (χ0n) is 12.0. The Bertz CT molecular complexity index is 470. The normalized spacial score (nSPS) is 19.6. The average molecular weight is 278 g/mol. The molecule has 1 fully saturated rings. The van der Waals surface area contributed by atoms with Crippen LogP contribution >= 0.6 is 0 Å². The van der Waals surface area contributed by atoms with E-state index in [1.54, 1.807) is 19.1 Å². The van der Waals surface area contributed by atoms with Gasteiger partial charge in [-0.05, 0) is 44.9 Å². The standard InChI is InChI=1S/C15H22N2O3/c1-3-19-15(18)12-9-11(6-7-13(12)16)17-10(2)14-5-4-8-20-14/h6-7,9-10,14,17H,3-5,8,16H2,1-2H3. The van der Waals surface area contributed by atoms with E-state index >= 15 is 0 Å². The number of esters is 1. The molecule has 20 heavy (non-hydrogen) atoms. The Labute approximate surface area is 119 Å². The molecule has 0 saturated carbocycles. The summed E-state index contributed by atoms with van der Waals surface area (Å²) in [5.41, 5.74) is 7.50. The third-order valence-electron chi connectivity index (χ3n) is 3.47. The fraction of sp³-hybridized carbons (Fsp3) is 0.533. The van der Waals surface area contributed by atoms with E-state index in [1.165, 1.54) is 0 Å². The molecule has 1 heterocycles. The smallest absolute Gasteiger partial charge is 0.340 e. The first-order chi connectivity index (χ1) is 9.61. The van der Waals surface area contributed by atoms with E-state index < -0.39 is 5.97 Å². The molecule has 0 bridgehead atoms. The van der Waals surface area contributed by atoms with E-state index in [2.05, 4.69) is 12.2 Å². The molecule has 2 unspecified atom stereocenters. The van der Waals surface area contributed by atoms with Gasteiger partial charge in [-0.1, -0.05) is 0 Å². The molecule has 3 N–H and O–H groups in total. The van der Waals surface area contributed by atoms with Crippen LogP contribution in [0.25, 0.3) is 0 Å². The number of hydrogen-bond donors (Lipinski definition) is 2. The van der Waals surface area contributed by atoms with Gasteiger partial charge in [-0.2, -0.15) is 0 Å². The van der Waals surface area contributed by atoms with Crippen LogP contribution in [-0.4, -0.2) is 31.3 Å². The molecular formula is C15H22N2O3. The van der Waals surface area contributed by atoms with Gasteiger partial charge in [-0.15, -0.1) is 0 Å². The highest BCUT2D eigenvalue weighted by molar-refractivity contribution is 5.96. The third-order valence-corrected chi connectivity index (χ3v) is 3.47. The molecule has 0 amide bonds. The lowest BCUT2D eigenvalue weighted by atomic mass is 10.1. The summed E-state index contributed by atoms with van der Waals surface area (Å²) in [4.78, 5) is 11.8. The van der Waals surface area contributed by atoms with Crippen molar-refractivity contribution in [2.75, 3.05) is 24.3 Å². The lowest BCUT2D eigenvalue weighted by Crippen LogP contribution is -2.30. The van der Waals surface area contributed by atoms with Crippen LogP contribution in [0.4, 0.5) is 11.4 Å². The Morgan fingerprint density at radius 3 is 3.05 bits per heavy atom. The maximum Gasteiger partial charge on any atom is 0.340 e. The first-order valence-electron chi connectivity index (χ1n) is 7.06. The highest BCUT2D eigenvalue weighted by Gasteiger charge is 2.22. The van der Waals surface area contributed by atoms with Crippen molar-refractivity contribution in [3.63, 3.8) is 0 Å². The molecule has 5 nitrogen and oxygen atoms in total. The SMILES string of the molecule is CCOC(=O)c1cc(NC(C)C2CCCO2)ccc1N. The molecule has 0 radical (unpaired) electrons. The average Bonchev–Trinajstić information content (AvgIpc) is 2.95. The minimum Gasteiger partial charge on any atom is -0.462 e. The Balaban J connectivity index is 2.08. The predicted molar refractivity (Wildman–Crippen MR) is 78.9 cm³/mol. The van der Waals surface area contributed by atoms with Crippen LogP contribution in [0, 0.1) is 0 Å². The Kier molecular flexibility index (Phi) is 4.84. The van der Waals surface area contributed by atoms with Crippen LogP contribution in [0.2, 0.25) is 0 Å².